The first-order chi connectivity index (χ1) is 14.8. The van der Waals surface area contributed by atoms with E-state index in [1.54, 1.807) is 0 Å². The van der Waals surface area contributed by atoms with Crippen LogP contribution in [-0.4, -0.2) is 54.8 Å². The normalized spacial score (nSPS) is 15.1. The van der Waals surface area contributed by atoms with Gasteiger partial charge in [-0.1, -0.05) is 0 Å². The number of hydrogen-bond donors (Lipinski definition) is 0. The predicted octanol–water partition coefficient (Wildman–Crippen LogP) is 4.91. The number of benzene rings is 1. The van der Waals surface area contributed by atoms with E-state index in [0.29, 0.717) is 10.5 Å². The molecular weight excluding hydrogens is 515 g/mol. The third-order valence-electron chi connectivity index (χ3n) is 4.60. The maximum Gasteiger partial charge on any atom is 0.422 e. The van der Waals surface area contributed by atoms with Gasteiger partial charge in [-0.25, -0.2) is 9.37 Å². The molecule has 1 amide bonds. The largest absolute Gasteiger partial charge is 0.467 e. The first kappa shape index (κ1) is 24.1. The summed E-state index contributed by atoms with van der Waals surface area (Å²) in [5.74, 6) is -2.16. The second-order valence-corrected chi connectivity index (χ2v) is 7.77. The van der Waals surface area contributed by atoms with Gasteiger partial charge in [-0.15, -0.1) is 0 Å². The molecule has 1 aliphatic heterocycles. The highest BCUT2D eigenvalue weighted by Gasteiger charge is 2.33. The van der Waals surface area contributed by atoms with E-state index in [4.69, 9.17) is 0 Å². The molecule has 13 heteroatoms. The fourth-order valence-electron chi connectivity index (χ4n) is 3.11. The number of alkyl halides is 6. The minimum atomic E-state index is -4.67. The molecular formula is C19H15BrF7N3O2. The van der Waals surface area contributed by atoms with E-state index in [0.717, 1.165) is 12.1 Å². The molecule has 0 spiro atoms. The van der Waals surface area contributed by atoms with Crippen LogP contribution < -0.4 is 9.64 Å². The number of rotatable bonds is 4. The molecule has 0 unspecified atom stereocenters. The molecule has 0 bridgehead atoms. The summed E-state index contributed by atoms with van der Waals surface area (Å²) in [6.45, 7) is -1.29. The third kappa shape index (κ3) is 5.81. The van der Waals surface area contributed by atoms with E-state index in [1.807, 2.05) is 0 Å². The smallest absolute Gasteiger partial charge is 0.422 e. The number of carbonyl (C=O) groups excluding carboxylic acids is 1. The quantitative estimate of drug-likeness (QED) is 0.528. The van der Waals surface area contributed by atoms with Crippen molar-refractivity contribution in [3.8, 4) is 5.88 Å². The number of halogens is 8. The van der Waals surface area contributed by atoms with Crippen LogP contribution >= 0.6 is 15.9 Å². The van der Waals surface area contributed by atoms with Crippen molar-refractivity contribution in [2.75, 3.05) is 37.7 Å². The fourth-order valence-corrected chi connectivity index (χ4v) is 3.44. The van der Waals surface area contributed by atoms with E-state index in [9.17, 15) is 35.5 Å². The predicted molar refractivity (Wildman–Crippen MR) is 103 cm³/mol. The van der Waals surface area contributed by atoms with Crippen LogP contribution in [0.3, 0.4) is 0 Å². The lowest BCUT2D eigenvalue weighted by molar-refractivity contribution is -0.154. The lowest BCUT2D eigenvalue weighted by atomic mass is 10.1. The van der Waals surface area contributed by atoms with Gasteiger partial charge in [-0.2, -0.15) is 26.3 Å². The lowest BCUT2D eigenvalue weighted by Gasteiger charge is -2.36. The van der Waals surface area contributed by atoms with Gasteiger partial charge in [0.15, 0.2) is 6.61 Å². The molecule has 2 heterocycles. The van der Waals surface area contributed by atoms with Gasteiger partial charge in [-0.05, 0) is 40.2 Å². The number of piperazine rings is 1. The third-order valence-corrected chi connectivity index (χ3v) is 5.04. The van der Waals surface area contributed by atoms with Crippen LogP contribution in [0.4, 0.5) is 36.4 Å². The Morgan fingerprint density at radius 3 is 2.28 bits per heavy atom. The maximum atomic E-state index is 14.2. The second-order valence-electron chi connectivity index (χ2n) is 6.85. The molecule has 0 saturated carbocycles. The van der Waals surface area contributed by atoms with Crippen molar-refractivity contribution in [3.05, 3.63) is 51.9 Å². The Balaban J connectivity index is 1.71. The highest BCUT2D eigenvalue weighted by Crippen LogP contribution is 2.33. The van der Waals surface area contributed by atoms with Crippen molar-refractivity contribution in [1.29, 1.82) is 0 Å². The van der Waals surface area contributed by atoms with Crippen molar-refractivity contribution in [2.45, 2.75) is 12.4 Å². The van der Waals surface area contributed by atoms with Crippen LogP contribution in [0.15, 0.2) is 34.9 Å². The van der Waals surface area contributed by atoms with Gasteiger partial charge in [0, 0.05) is 36.8 Å². The number of aromatic nitrogens is 1. The first-order valence-electron chi connectivity index (χ1n) is 9.11. The summed E-state index contributed by atoms with van der Waals surface area (Å²) >= 11 is 3.11. The van der Waals surface area contributed by atoms with Gasteiger partial charge in [-0.3, -0.25) is 4.79 Å². The SMILES string of the molecule is O=C(c1cc(Br)cnc1OCC(F)(F)F)N1CCN(c2ccc(C(F)(F)F)cc2F)CC1. The van der Waals surface area contributed by atoms with Crippen molar-refractivity contribution in [3.63, 3.8) is 0 Å². The minimum Gasteiger partial charge on any atom is -0.467 e. The lowest BCUT2D eigenvalue weighted by Crippen LogP contribution is -2.49. The molecule has 1 saturated heterocycles. The van der Waals surface area contributed by atoms with Gasteiger partial charge in [0.1, 0.15) is 11.4 Å². The van der Waals surface area contributed by atoms with Gasteiger partial charge in [0.05, 0.1) is 11.3 Å². The Kier molecular flexibility index (Phi) is 6.86. The molecule has 0 aliphatic carbocycles. The monoisotopic (exact) mass is 529 g/mol. The van der Waals surface area contributed by atoms with E-state index >= 15 is 0 Å². The Morgan fingerprint density at radius 1 is 1.06 bits per heavy atom. The number of amides is 1. The van der Waals surface area contributed by atoms with Crippen molar-refractivity contribution in [1.82, 2.24) is 9.88 Å². The van der Waals surface area contributed by atoms with E-state index in [1.165, 1.54) is 22.1 Å². The van der Waals surface area contributed by atoms with E-state index in [2.05, 4.69) is 25.7 Å². The molecule has 1 aromatic heterocycles. The zero-order chi connectivity index (χ0) is 23.7. The Bertz CT molecular complexity index is 990. The summed E-state index contributed by atoms with van der Waals surface area (Å²) in [4.78, 5) is 19.4. The molecule has 1 aromatic carbocycles. The van der Waals surface area contributed by atoms with Gasteiger partial charge in [0.2, 0.25) is 5.88 Å². The van der Waals surface area contributed by atoms with Gasteiger partial charge in [0.25, 0.3) is 5.91 Å². The van der Waals surface area contributed by atoms with Crippen LogP contribution in [-0.2, 0) is 6.18 Å². The summed E-state index contributed by atoms with van der Waals surface area (Å²) in [5, 5.41) is 0. The number of pyridine rings is 1. The zero-order valence-electron chi connectivity index (χ0n) is 16.1. The standard InChI is InChI=1S/C19H15BrF7N3O2/c20-12-8-13(16(28-9-12)32-10-18(22,23)24)17(31)30-5-3-29(4-6-30)15-2-1-11(7-14(15)21)19(25,26)27/h1-2,7-9H,3-6,10H2. The van der Waals surface area contributed by atoms with E-state index in [-0.39, 0.29) is 37.4 Å². The number of carbonyl (C=O) groups is 1. The summed E-state index contributed by atoms with van der Waals surface area (Å²) in [6.07, 6.45) is -8.10. The Hall–Kier alpha value is -2.57. The molecule has 2 aromatic rings. The Morgan fingerprint density at radius 2 is 1.72 bits per heavy atom. The summed E-state index contributed by atoms with van der Waals surface area (Å²) < 4.78 is 94.8. The molecule has 0 N–H and O–H groups in total. The van der Waals surface area contributed by atoms with Gasteiger partial charge < -0.3 is 14.5 Å². The number of anilines is 1. The highest BCUT2D eigenvalue weighted by atomic mass is 79.9. The Labute approximate surface area is 185 Å². The van der Waals surface area contributed by atoms with Crippen LogP contribution in [0, 0.1) is 5.82 Å². The molecule has 1 aliphatic rings. The van der Waals surface area contributed by atoms with Crippen LogP contribution in [0.1, 0.15) is 15.9 Å². The molecule has 174 valence electrons. The summed E-state index contributed by atoms with van der Waals surface area (Å²) in [7, 11) is 0. The number of hydrogen-bond acceptors (Lipinski definition) is 4. The van der Waals surface area contributed by atoms with Crippen molar-refractivity contribution in [2.24, 2.45) is 0 Å². The average Bonchev–Trinajstić information content (AvgIpc) is 2.71. The van der Waals surface area contributed by atoms with Gasteiger partial charge >= 0.3 is 12.4 Å². The van der Waals surface area contributed by atoms with Crippen LogP contribution in [0.5, 0.6) is 5.88 Å². The molecule has 5 nitrogen and oxygen atoms in total. The molecule has 32 heavy (non-hydrogen) atoms. The summed E-state index contributed by atoms with van der Waals surface area (Å²) in [6, 6.07) is 3.48. The molecule has 0 radical (unpaired) electrons. The van der Waals surface area contributed by atoms with Crippen LogP contribution in [0.2, 0.25) is 0 Å². The van der Waals surface area contributed by atoms with Crippen molar-refractivity contribution < 1.29 is 40.3 Å². The van der Waals surface area contributed by atoms with E-state index < -0.39 is 42.1 Å². The molecule has 0 atom stereocenters. The second kappa shape index (κ2) is 9.12. The van der Waals surface area contributed by atoms with Crippen LogP contribution in [0.25, 0.3) is 0 Å². The molecule has 1 fully saturated rings. The molecule has 3 rings (SSSR count). The fraction of sp³-hybridized carbons (Fsp3) is 0.368. The first-order valence-corrected chi connectivity index (χ1v) is 9.90. The average molecular weight is 530 g/mol. The topological polar surface area (TPSA) is 45.7 Å². The minimum absolute atomic E-state index is 0.0385. The summed E-state index contributed by atoms with van der Waals surface area (Å²) in [5.41, 5.74) is -1.33. The maximum absolute atomic E-state index is 14.2. The highest BCUT2D eigenvalue weighted by molar-refractivity contribution is 9.10. The number of nitrogens with zero attached hydrogens (tertiary/aromatic N) is 3. The number of ether oxygens (including phenoxy) is 1. The zero-order valence-corrected chi connectivity index (χ0v) is 17.7. The van der Waals surface area contributed by atoms with Crippen molar-refractivity contribution >= 4 is 27.5 Å².